The van der Waals surface area contributed by atoms with Crippen molar-refractivity contribution in [2.24, 2.45) is 4.99 Å². The Bertz CT molecular complexity index is 679. The molecule has 0 atom stereocenters. The van der Waals surface area contributed by atoms with Crippen LogP contribution >= 0.6 is 0 Å². The normalized spacial score (nSPS) is 11.1. The van der Waals surface area contributed by atoms with E-state index in [1.54, 1.807) is 6.34 Å². The van der Waals surface area contributed by atoms with Crippen LogP contribution in [0.3, 0.4) is 0 Å². The third-order valence-corrected chi connectivity index (χ3v) is 4.32. The van der Waals surface area contributed by atoms with E-state index in [0.29, 0.717) is 5.56 Å². The molecule has 0 unspecified atom stereocenters. The van der Waals surface area contributed by atoms with Gasteiger partial charge in [-0.1, -0.05) is 25.6 Å². The predicted molar refractivity (Wildman–Crippen MR) is 104 cm³/mol. The number of hydrogen-bond acceptors (Lipinski definition) is 3. The Balaban J connectivity index is 2.86. The lowest BCUT2D eigenvalue weighted by atomic mass is 10.0. The number of esters is 1. The average Bonchev–Trinajstić information content (AvgIpc) is 2.50. The molecule has 0 bridgehead atoms. The van der Waals surface area contributed by atoms with Crippen LogP contribution in [0.25, 0.3) is 0 Å². The predicted octanol–water partition coefficient (Wildman–Crippen LogP) is 3.95. The number of aryl methyl sites for hydroxylation is 2. The van der Waals surface area contributed by atoms with Gasteiger partial charge >= 0.3 is 5.97 Å². The van der Waals surface area contributed by atoms with Crippen LogP contribution < -0.4 is 0 Å². The highest BCUT2D eigenvalue weighted by atomic mass is 28.3. The van der Waals surface area contributed by atoms with Gasteiger partial charge in [0.25, 0.3) is 0 Å². The molecule has 0 radical (unpaired) electrons. The molecule has 0 fully saturated rings. The maximum absolute atomic E-state index is 12.2. The molecular weight excluding hydrogens is 316 g/mol. The van der Waals surface area contributed by atoms with Crippen LogP contribution in [0.1, 0.15) is 28.4 Å². The highest BCUT2D eigenvalue weighted by molar-refractivity contribution is 6.83. The van der Waals surface area contributed by atoms with E-state index in [1.165, 1.54) is 0 Å². The van der Waals surface area contributed by atoms with Crippen molar-refractivity contribution in [3.8, 4) is 11.5 Å². The average molecular weight is 345 g/mol. The van der Waals surface area contributed by atoms with Crippen LogP contribution in [0.15, 0.2) is 17.1 Å². The monoisotopic (exact) mass is 344 g/mol. The Labute approximate surface area is 146 Å². The van der Waals surface area contributed by atoms with Gasteiger partial charge in [0.1, 0.15) is 8.07 Å². The molecule has 1 aromatic carbocycles. The summed E-state index contributed by atoms with van der Waals surface area (Å²) in [5, 5.41) is 0. The summed E-state index contributed by atoms with van der Waals surface area (Å²) in [6.07, 6.45) is 1.80. The third kappa shape index (κ3) is 6.59. The molecule has 1 rings (SSSR count). The Morgan fingerprint density at radius 2 is 1.96 bits per heavy atom. The summed E-state index contributed by atoms with van der Waals surface area (Å²) in [5.41, 5.74) is 6.42. The molecule has 130 valence electrons. The maximum Gasteiger partial charge on any atom is 0.339 e. The lowest BCUT2D eigenvalue weighted by molar-refractivity contribution is 0.0556. The number of nitrogens with zero attached hydrogens (tertiary/aromatic N) is 2. The second kappa shape index (κ2) is 8.70. The molecule has 0 saturated heterocycles. The summed E-state index contributed by atoms with van der Waals surface area (Å²) in [7, 11) is 0.541. The van der Waals surface area contributed by atoms with Crippen molar-refractivity contribution in [3.63, 3.8) is 0 Å². The molecule has 0 heterocycles. The summed E-state index contributed by atoms with van der Waals surface area (Å²) in [6.45, 7) is 13.4. The number of hydrogen-bond donors (Lipinski definition) is 0. The van der Waals surface area contributed by atoms with Gasteiger partial charge in [0.2, 0.25) is 0 Å². The van der Waals surface area contributed by atoms with Gasteiger partial charge in [0, 0.05) is 13.6 Å². The van der Waals surface area contributed by atoms with Crippen LogP contribution in [-0.2, 0) is 4.74 Å². The van der Waals surface area contributed by atoms with E-state index in [1.807, 2.05) is 37.9 Å². The number of benzene rings is 1. The lowest BCUT2D eigenvalue weighted by Gasteiger charge is -2.11. The van der Waals surface area contributed by atoms with Crippen molar-refractivity contribution < 1.29 is 9.53 Å². The standard InChI is InChI=1S/C19H28N2O2Si/c1-8-21(4)14-20-18-13-15(2)17(12-16(18)3)19(22)23-10-9-11-24(5,6)7/h12-14H,8,10H2,1-7H3. The first-order valence-electron chi connectivity index (χ1n) is 8.17. The van der Waals surface area contributed by atoms with E-state index < -0.39 is 8.07 Å². The minimum Gasteiger partial charge on any atom is -0.449 e. The minimum atomic E-state index is -1.43. The largest absolute Gasteiger partial charge is 0.449 e. The van der Waals surface area contributed by atoms with Crippen molar-refractivity contribution in [2.75, 3.05) is 20.2 Å². The van der Waals surface area contributed by atoms with E-state index in [0.717, 1.165) is 23.4 Å². The molecule has 0 N–H and O–H groups in total. The topological polar surface area (TPSA) is 41.9 Å². The number of carbonyl (C=O) groups excluding carboxylic acids is 1. The second-order valence-electron chi connectivity index (χ2n) is 6.90. The summed E-state index contributed by atoms with van der Waals surface area (Å²) >= 11 is 0. The second-order valence-corrected chi connectivity index (χ2v) is 11.6. The van der Waals surface area contributed by atoms with E-state index in [9.17, 15) is 4.79 Å². The molecule has 0 saturated carbocycles. The smallest absolute Gasteiger partial charge is 0.339 e. The van der Waals surface area contributed by atoms with Gasteiger partial charge in [-0.05, 0) is 44.0 Å². The molecule has 0 spiro atoms. The molecule has 24 heavy (non-hydrogen) atoms. The molecule has 0 aliphatic rings. The van der Waals surface area contributed by atoms with Crippen LogP contribution in [0, 0.1) is 25.3 Å². The molecule has 0 amide bonds. The Morgan fingerprint density at radius 3 is 2.54 bits per heavy atom. The fourth-order valence-electron chi connectivity index (χ4n) is 1.88. The molecule has 5 heteroatoms. The van der Waals surface area contributed by atoms with Crippen molar-refractivity contribution in [1.29, 1.82) is 0 Å². The molecule has 1 aromatic rings. The van der Waals surface area contributed by atoms with E-state index in [2.05, 4.69) is 43.0 Å². The Kier molecular flexibility index (Phi) is 7.24. The number of rotatable bonds is 5. The number of ether oxygens (including phenoxy) is 1. The molecule has 4 nitrogen and oxygen atoms in total. The highest BCUT2D eigenvalue weighted by Gasteiger charge is 2.13. The first-order chi connectivity index (χ1) is 11.1. The Hall–Kier alpha value is -2.06. The van der Waals surface area contributed by atoms with E-state index >= 15 is 0 Å². The maximum atomic E-state index is 12.2. The number of carbonyl (C=O) groups is 1. The quantitative estimate of drug-likeness (QED) is 0.267. The summed E-state index contributed by atoms with van der Waals surface area (Å²) in [6, 6.07) is 3.75. The number of aliphatic imine (C=N–C) groups is 1. The van der Waals surface area contributed by atoms with Crippen LogP contribution in [-0.4, -0.2) is 45.5 Å². The van der Waals surface area contributed by atoms with Gasteiger partial charge in [0.15, 0.2) is 6.61 Å². The molecule has 0 aliphatic heterocycles. The zero-order chi connectivity index (χ0) is 18.3. The fraction of sp³-hybridized carbons (Fsp3) is 0.474. The Morgan fingerprint density at radius 1 is 1.29 bits per heavy atom. The SMILES string of the molecule is CCN(C)C=Nc1cc(C)c(C(=O)OCC#C[Si](C)(C)C)cc1C. The van der Waals surface area contributed by atoms with Crippen LogP contribution in [0.5, 0.6) is 0 Å². The summed E-state index contributed by atoms with van der Waals surface area (Å²) in [5.74, 6) is 2.62. The lowest BCUT2D eigenvalue weighted by Crippen LogP contribution is -2.17. The zero-order valence-corrected chi connectivity index (χ0v) is 16.9. The van der Waals surface area contributed by atoms with E-state index in [4.69, 9.17) is 4.74 Å². The molecule has 0 aliphatic carbocycles. The summed E-state index contributed by atoms with van der Waals surface area (Å²) in [4.78, 5) is 18.7. The van der Waals surface area contributed by atoms with Gasteiger partial charge in [-0.15, -0.1) is 5.54 Å². The minimum absolute atomic E-state index is 0.142. The van der Waals surface area contributed by atoms with Gasteiger partial charge in [0.05, 0.1) is 17.6 Å². The van der Waals surface area contributed by atoms with Crippen molar-refractivity contribution in [2.45, 2.75) is 40.4 Å². The van der Waals surface area contributed by atoms with Gasteiger partial charge < -0.3 is 9.64 Å². The van der Waals surface area contributed by atoms with Crippen LogP contribution in [0.4, 0.5) is 5.69 Å². The first kappa shape index (κ1) is 20.0. The van der Waals surface area contributed by atoms with Crippen LogP contribution in [0.2, 0.25) is 19.6 Å². The van der Waals surface area contributed by atoms with Gasteiger partial charge in [-0.3, -0.25) is 0 Å². The van der Waals surface area contributed by atoms with Crippen molar-refractivity contribution in [3.05, 3.63) is 28.8 Å². The van der Waals surface area contributed by atoms with Crippen molar-refractivity contribution >= 4 is 26.1 Å². The van der Waals surface area contributed by atoms with Gasteiger partial charge in [-0.2, -0.15) is 0 Å². The highest BCUT2D eigenvalue weighted by Crippen LogP contribution is 2.23. The summed E-state index contributed by atoms with van der Waals surface area (Å²) < 4.78 is 5.28. The first-order valence-corrected chi connectivity index (χ1v) is 11.7. The van der Waals surface area contributed by atoms with E-state index in [-0.39, 0.29) is 12.6 Å². The molecule has 0 aromatic heterocycles. The molecular formula is C19H28N2O2Si. The third-order valence-electron chi connectivity index (χ3n) is 3.39. The zero-order valence-electron chi connectivity index (χ0n) is 15.9. The van der Waals surface area contributed by atoms with Crippen molar-refractivity contribution in [1.82, 2.24) is 4.90 Å². The van der Waals surface area contributed by atoms with Gasteiger partial charge in [-0.25, -0.2) is 9.79 Å². The fourth-order valence-corrected chi connectivity index (χ4v) is 2.49.